The van der Waals surface area contributed by atoms with Crippen LogP contribution < -0.4 is 0 Å². The molecule has 1 saturated heterocycles. The van der Waals surface area contributed by atoms with Crippen LogP contribution in [0.1, 0.15) is 24.0 Å². The van der Waals surface area contributed by atoms with Gasteiger partial charge in [-0.15, -0.1) is 0 Å². The number of carboxylic acids is 1. The van der Waals surface area contributed by atoms with Crippen molar-refractivity contribution in [1.29, 1.82) is 0 Å². The second-order valence-electron chi connectivity index (χ2n) is 5.91. The van der Waals surface area contributed by atoms with E-state index in [0.717, 1.165) is 12.8 Å². The normalized spacial score (nSPS) is 22.0. The Balaban J connectivity index is 1.55. The van der Waals surface area contributed by atoms with E-state index in [9.17, 15) is 9.59 Å². The van der Waals surface area contributed by atoms with Crippen molar-refractivity contribution in [2.75, 3.05) is 13.1 Å². The van der Waals surface area contributed by atoms with Crippen molar-refractivity contribution in [2.45, 2.75) is 25.7 Å². The number of hydrogen-bond acceptors (Lipinski definition) is 2. The first-order valence-electron chi connectivity index (χ1n) is 7.21. The highest BCUT2D eigenvalue weighted by Gasteiger charge is 2.32. The lowest BCUT2D eigenvalue weighted by Crippen LogP contribution is -2.31. The summed E-state index contributed by atoms with van der Waals surface area (Å²) in [6.45, 7) is 0.975. The van der Waals surface area contributed by atoms with Crippen molar-refractivity contribution in [3.63, 3.8) is 0 Å². The summed E-state index contributed by atoms with van der Waals surface area (Å²) in [5.41, 5.74) is 2.71. The lowest BCUT2D eigenvalue weighted by atomic mass is 10.0. The Labute approximate surface area is 118 Å². The third kappa shape index (κ3) is 2.55. The van der Waals surface area contributed by atoms with Crippen molar-refractivity contribution in [3.8, 4) is 0 Å². The number of aliphatic carboxylic acids is 1. The van der Waals surface area contributed by atoms with Crippen LogP contribution >= 0.6 is 0 Å². The van der Waals surface area contributed by atoms with E-state index in [1.165, 1.54) is 11.1 Å². The van der Waals surface area contributed by atoms with Gasteiger partial charge in [-0.25, -0.2) is 0 Å². The molecule has 1 aromatic carbocycles. The maximum atomic E-state index is 12.3. The number of benzene rings is 1. The molecule has 1 N–H and O–H groups in total. The van der Waals surface area contributed by atoms with E-state index in [1.807, 2.05) is 12.1 Å². The van der Waals surface area contributed by atoms with Crippen molar-refractivity contribution in [1.82, 2.24) is 4.90 Å². The molecule has 0 saturated carbocycles. The zero-order valence-corrected chi connectivity index (χ0v) is 11.4. The summed E-state index contributed by atoms with van der Waals surface area (Å²) in [5.74, 6) is -0.663. The van der Waals surface area contributed by atoms with Gasteiger partial charge in [0.05, 0.1) is 5.92 Å². The highest BCUT2D eigenvalue weighted by Crippen LogP contribution is 2.29. The molecule has 0 unspecified atom stereocenters. The quantitative estimate of drug-likeness (QED) is 0.912. The molecule has 4 heteroatoms. The maximum Gasteiger partial charge on any atom is 0.308 e. The Hall–Kier alpha value is -1.84. The number of amides is 1. The van der Waals surface area contributed by atoms with Crippen LogP contribution in [-0.2, 0) is 22.4 Å². The van der Waals surface area contributed by atoms with Crippen LogP contribution in [0.3, 0.4) is 0 Å². The molecule has 3 rings (SSSR count). The molecule has 0 spiro atoms. The number of carboxylic acid groups (broad SMARTS) is 1. The van der Waals surface area contributed by atoms with Gasteiger partial charge in [0.1, 0.15) is 0 Å². The first-order chi connectivity index (χ1) is 9.63. The van der Waals surface area contributed by atoms with Gasteiger partial charge >= 0.3 is 5.97 Å². The summed E-state index contributed by atoms with van der Waals surface area (Å²) in [4.78, 5) is 24.9. The summed E-state index contributed by atoms with van der Waals surface area (Å²) in [6.07, 6.45) is 3.07. The lowest BCUT2D eigenvalue weighted by Gasteiger charge is -2.18. The van der Waals surface area contributed by atoms with Crippen LogP contribution in [0.15, 0.2) is 24.3 Å². The van der Waals surface area contributed by atoms with Crippen LogP contribution in [-0.4, -0.2) is 35.0 Å². The van der Waals surface area contributed by atoms with Crippen LogP contribution in [0.5, 0.6) is 0 Å². The number of carbonyl (C=O) groups excluding carboxylic acids is 1. The van der Waals surface area contributed by atoms with Gasteiger partial charge in [0.15, 0.2) is 0 Å². The third-order valence-electron chi connectivity index (χ3n) is 4.49. The summed E-state index contributed by atoms with van der Waals surface area (Å²) in [6, 6.07) is 8.36. The Morgan fingerprint density at radius 1 is 1.20 bits per heavy atom. The fourth-order valence-electron chi connectivity index (χ4n) is 3.36. The van der Waals surface area contributed by atoms with E-state index < -0.39 is 5.97 Å². The SMILES string of the molecule is O=C(O)[C@H]1CCN(C(=O)CC2Cc3ccccc3C2)C1. The highest BCUT2D eigenvalue weighted by molar-refractivity contribution is 5.79. The molecule has 0 radical (unpaired) electrons. The average molecular weight is 273 g/mol. The van der Waals surface area contributed by atoms with Crippen molar-refractivity contribution >= 4 is 11.9 Å². The Kier molecular flexibility index (Phi) is 3.47. The monoisotopic (exact) mass is 273 g/mol. The first-order valence-corrected chi connectivity index (χ1v) is 7.21. The fourth-order valence-corrected chi connectivity index (χ4v) is 3.36. The zero-order valence-electron chi connectivity index (χ0n) is 11.4. The number of likely N-dealkylation sites (tertiary alicyclic amines) is 1. The molecule has 1 aliphatic carbocycles. The van der Waals surface area contributed by atoms with Crippen LogP contribution in [0.2, 0.25) is 0 Å². The molecule has 0 bridgehead atoms. The Morgan fingerprint density at radius 3 is 2.40 bits per heavy atom. The van der Waals surface area contributed by atoms with Gasteiger partial charge in [0, 0.05) is 19.5 Å². The second kappa shape index (κ2) is 5.27. The van der Waals surface area contributed by atoms with E-state index >= 15 is 0 Å². The minimum absolute atomic E-state index is 0.117. The summed E-state index contributed by atoms with van der Waals surface area (Å²) >= 11 is 0. The molecular weight excluding hydrogens is 254 g/mol. The molecule has 1 fully saturated rings. The second-order valence-corrected chi connectivity index (χ2v) is 5.91. The van der Waals surface area contributed by atoms with E-state index in [2.05, 4.69) is 12.1 Å². The van der Waals surface area contributed by atoms with E-state index in [0.29, 0.717) is 31.8 Å². The number of rotatable bonds is 3. The number of fused-ring (bicyclic) bond motifs is 1. The zero-order chi connectivity index (χ0) is 14.1. The Bertz CT molecular complexity index is 515. The molecule has 0 aromatic heterocycles. The third-order valence-corrected chi connectivity index (χ3v) is 4.49. The minimum atomic E-state index is -0.784. The van der Waals surface area contributed by atoms with Gasteiger partial charge in [0.2, 0.25) is 5.91 Å². The van der Waals surface area contributed by atoms with Gasteiger partial charge in [0.25, 0.3) is 0 Å². The van der Waals surface area contributed by atoms with Crippen molar-refractivity contribution < 1.29 is 14.7 Å². The van der Waals surface area contributed by atoms with E-state index in [1.54, 1.807) is 4.90 Å². The predicted molar refractivity (Wildman–Crippen MR) is 74.3 cm³/mol. The fraction of sp³-hybridized carbons (Fsp3) is 0.500. The highest BCUT2D eigenvalue weighted by atomic mass is 16.4. The molecule has 1 atom stereocenters. The van der Waals surface area contributed by atoms with Gasteiger partial charge < -0.3 is 10.0 Å². The molecule has 1 aliphatic heterocycles. The predicted octanol–water partition coefficient (Wildman–Crippen LogP) is 1.72. The number of nitrogens with zero attached hydrogens (tertiary/aromatic N) is 1. The van der Waals surface area contributed by atoms with Crippen LogP contribution in [0.25, 0.3) is 0 Å². The standard InChI is InChI=1S/C16H19NO3/c18-15(17-6-5-14(10-17)16(19)20)9-11-7-12-3-1-2-4-13(12)8-11/h1-4,11,14H,5-10H2,(H,19,20)/t14-/m0/s1. The first kappa shape index (κ1) is 13.2. The Morgan fingerprint density at radius 2 is 1.85 bits per heavy atom. The molecule has 2 aliphatic rings. The molecule has 1 amide bonds. The summed E-state index contributed by atoms with van der Waals surface area (Å²) in [5, 5.41) is 8.98. The topological polar surface area (TPSA) is 57.6 Å². The van der Waals surface area contributed by atoms with E-state index in [4.69, 9.17) is 5.11 Å². The van der Waals surface area contributed by atoms with E-state index in [-0.39, 0.29) is 11.8 Å². The van der Waals surface area contributed by atoms with Crippen LogP contribution in [0, 0.1) is 11.8 Å². The van der Waals surface area contributed by atoms with Gasteiger partial charge in [-0.05, 0) is 36.3 Å². The molecule has 106 valence electrons. The summed E-state index contributed by atoms with van der Waals surface area (Å²) in [7, 11) is 0. The number of hydrogen-bond donors (Lipinski definition) is 1. The molecule has 1 aromatic rings. The molecule has 1 heterocycles. The maximum absolute atomic E-state index is 12.3. The van der Waals surface area contributed by atoms with Crippen molar-refractivity contribution in [3.05, 3.63) is 35.4 Å². The minimum Gasteiger partial charge on any atom is -0.481 e. The average Bonchev–Trinajstić information content (AvgIpc) is 3.04. The smallest absolute Gasteiger partial charge is 0.308 e. The molecule has 20 heavy (non-hydrogen) atoms. The van der Waals surface area contributed by atoms with Gasteiger partial charge in [-0.2, -0.15) is 0 Å². The lowest BCUT2D eigenvalue weighted by molar-refractivity contribution is -0.141. The van der Waals surface area contributed by atoms with Crippen LogP contribution in [0.4, 0.5) is 0 Å². The number of carbonyl (C=O) groups is 2. The summed E-state index contributed by atoms with van der Waals surface area (Å²) < 4.78 is 0. The molecular formula is C16H19NO3. The van der Waals surface area contributed by atoms with Gasteiger partial charge in [-0.1, -0.05) is 24.3 Å². The largest absolute Gasteiger partial charge is 0.481 e. The molecule has 4 nitrogen and oxygen atoms in total. The van der Waals surface area contributed by atoms with Crippen molar-refractivity contribution in [2.24, 2.45) is 11.8 Å². The van der Waals surface area contributed by atoms with Gasteiger partial charge in [-0.3, -0.25) is 9.59 Å².